The van der Waals surface area contributed by atoms with E-state index < -0.39 is 7.92 Å². The first-order valence-electron chi connectivity index (χ1n) is 12.2. The highest BCUT2D eigenvalue weighted by Gasteiger charge is 2.21. The van der Waals surface area contributed by atoms with E-state index in [4.69, 9.17) is 4.74 Å². The molecule has 0 aliphatic carbocycles. The molecule has 1 nitrogen and oxygen atoms in total. The molecule has 1 atom stereocenters. The van der Waals surface area contributed by atoms with Gasteiger partial charge in [-0.05, 0) is 59.7 Å². The van der Waals surface area contributed by atoms with Crippen molar-refractivity contribution >= 4 is 43.0 Å². The highest BCUT2D eigenvalue weighted by atomic mass is 31.1. The lowest BCUT2D eigenvalue weighted by atomic mass is 10.2. The standard InChI is InChI=1S/C33H30OP2/c1-25-14-12-22-30(32(25)34-24-27-16-6-3-7-17-27)35-33-26(2)15-13-23-31(33)36(28-18-8-4-9-19-28)29-20-10-5-11-21-29/h3-23,35H,24H2,1-2H3. The summed E-state index contributed by atoms with van der Waals surface area (Å²) in [4.78, 5) is 0. The Bertz CT molecular complexity index is 1380. The number of ether oxygens (including phenoxy) is 1. The molecule has 0 aliphatic rings. The number of para-hydroxylation sites is 1. The lowest BCUT2D eigenvalue weighted by Gasteiger charge is -2.24. The van der Waals surface area contributed by atoms with Crippen LogP contribution in [0.4, 0.5) is 0 Å². The summed E-state index contributed by atoms with van der Waals surface area (Å²) in [5.41, 5.74) is 3.70. The normalized spacial score (nSPS) is 11.3. The van der Waals surface area contributed by atoms with E-state index in [1.54, 1.807) is 0 Å². The third kappa shape index (κ3) is 5.60. The van der Waals surface area contributed by atoms with Crippen LogP contribution < -0.4 is 31.3 Å². The van der Waals surface area contributed by atoms with Crippen molar-refractivity contribution in [1.29, 1.82) is 0 Å². The molecule has 0 saturated carbocycles. The van der Waals surface area contributed by atoms with Crippen LogP contribution in [-0.4, -0.2) is 0 Å². The molecule has 0 bridgehead atoms. The summed E-state index contributed by atoms with van der Waals surface area (Å²) >= 11 is 0. The fourth-order valence-electron chi connectivity index (χ4n) is 4.39. The van der Waals surface area contributed by atoms with Crippen molar-refractivity contribution in [3.63, 3.8) is 0 Å². The van der Waals surface area contributed by atoms with Crippen molar-refractivity contribution in [2.45, 2.75) is 20.5 Å². The fourth-order valence-corrected chi connectivity index (χ4v) is 8.65. The van der Waals surface area contributed by atoms with Crippen LogP contribution >= 0.6 is 16.5 Å². The molecule has 1 unspecified atom stereocenters. The Hall–Kier alpha value is -3.24. The lowest BCUT2D eigenvalue weighted by Crippen LogP contribution is -2.31. The van der Waals surface area contributed by atoms with Crippen LogP contribution in [0.5, 0.6) is 5.75 Å². The Kier molecular flexibility index (Phi) is 7.92. The van der Waals surface area contributed by atoms with E-state index in [9.17, 15) is 0 Å². The van der Waals surface area contributed by atoms with Crippen molar-refractivity contribution < 1.29 is 4.74 Å². The maximum absolute atomic E-state index is 6.45. The number of hydrogen-bond donors (Lipinski definition) is 0. The lowest BCUT2D eigenvalue weighted by molar-refractivity contribution is 0.307. The minimum Gasteiger partial charge on any atom is -0.488 e. The number of aryl methyl sites for hydroxylation is 2. The van der Waals surface area contributed by atoms with Crippen molar-refractivity contribution in [3.05, 3.63) is 144 Å². The summed E-state index contributed by atoms with van der Waals surface area (Å²) in [6, 6.07) is 45.6. The van der Waals surface area contributed by atoms with Crippen LogP contribution in [-0.2, 0) is 6.61 Å². The summed E-state index contributed by atoms with van der Waals surface area (Å²) in [6.07, 6.45) is 0. The highest BCUT2D eigenvalue weighted by Crippen LogP contribution is 2.35. The van der Waals surface area contributed by atoms with Crippen LogP contribution in [0.3, 0.4) is 0 Å². The van der Waals surface area contributed by atoms with Gasteiger partial charge in [-0.15, -0.1) is 0 Å². The van der Waals surface area contributed by atoms with Crippen molar-refractivity contribution in [1.82, 2.24) is 0 Å². The Labute approximate surface area is 217 Å². The average molecular weight is 505 g/mol. The molecule has 0 heterocycles. The number of hydrogen-bond acceptors (Lipinski definition) is 1. The van der Waals surface area contributed by atoms with Crippen LogP contribution in [0.15, 0.2) is 127 Å². The van der Waals surface area contributed by atoms with E-state index in [1.807, 2.05) is 6.07 Å². The summed E-state index contributed by atoms with van der Waals surface area (Å²) in [5, 5.41) is 6.86. The van der Waals surface area contributed by atoms with Gasteiger partial charge in [-0.1, -0.05) is 136 Å². The van der Waals surface area contributed by atoms with Gasteiger partial charge in [-0.3, -0.25) is 0 Å². The quantitative estimate of drug-likeness (QED) is 0.226. The minimum absolute atomic E-state index is 0.511. The summed E-state index contributed by atoms with van der Waals surface area (Å²) in [7, 11) is -0.163. The van der Waals surface area contributed by atoms with Crippen molar-refractivity contribution in [2.75, 3.05) is 0 Å². The number of rotatable bonds is 8. The molecule has 3 heteroatoms. The first-order valence-corrected chi connectivity index (χ1v) is 14.6. The molecule has 0 aliphatic heterocycles. The second kappa shape index (κ2) is 11.7. The number of benzene rings is 5. The molecule has 5 rings (SSSR count). The summed E-state index contributed by atoms with van der Waals surface area (Å²) in [5.74, 6) is 1.01. The van der Waals surface area contributed by atoms with Gasteiger partial charge in [0, 0.05) is 5.30 Å². The fraction of sp³-hybridized carbons (Fsp3) is 0.0909. The molecule has 178 valence electrons. The molecule has 5 aromatic rings. The van der Waals surface area contributed by atoms with Gasteiger partial charge < -0.3 is 4.74 Å². The largest absolute Gasteiger partial charge is 0.488 e. The van der Waals surface area contributed by atoms with Crippen LogP contribution in [0.25, 0.3) is 0 Å². The molecule has 0 N–H and O–H groups in total. The maximum Gasteiger partial charge on any atom is 0.130 e. The predicted octanol–water partition coefficient (Wildman–Crippen LogP) is 6.27. The van der Waals surface area contributed by atoms with Gasteiger partial charge in [0.2, 0.25) is 0 Å². The second-order valence-corrected chi connectivity index (χ2v) is 12.3. The molecular weight excluding hydrogens is 474 g/mol. The average Bonchev–Trinajstić information content (AvgIpc) is 2.92. The third-order valence-electron chi connectivity index (χ3n) is 6.22. The summed E-state index contributed by atoms with van der Waals surface area (Å²) < 4.78 is 6.45. The van der Waals surface area contributed by atoms with E-state index in [0.717, 1.165) is 5.75 Å². The maximum atomic E-state index is 6.45. The van der Waals surface area contributed by atoms with E-state index in [1.165, 1.54) is 43.2 Å². The molecular formula is C33H30OP2. The van der Waals surface area contributed by atoms with Gasteiger partial charge in [0.25, 0.3) is 0 Å². The van der Waals surface area contributed by atoms with E-state index in [0.29, 0.717) is 15.2 Å². The van der Waals surface area contributed by atoms with Gasteiger partial charge in [-0.2, -0.15) is 0 Å². The Morgan fingerprint density at radius 3 is 1.78 bits per heavy atom. The Morgan fingerprint density at radius 1 is 0.583 bits per heavy atom. The van der Waals surface area contributed by atoms with Gasteiger partial charge in [0.05, 0.1) is 0 Å². The smallest absolute Gasteiger partial charge is 0.130 e. The zero-order valence-corrected chi connectivity index (χ0v) is 22.6. The second-order valence-electron chi connectivity index (χ2n) is 8.83. The SMILES string of the molecule is Cc1cccc(Pc2c(C)cccc2P(c2ccccc2)c2ccccc2)c1OCc1ccccc1. The zero-order valence-electron chi connectivity index (χ0n) is 20.7. The topological polar surface area (TPSA) is 9.23 Å². The van der Waals surface area contributed by atoms with E-state index >= 15 is 0 Å². The van der Waals surface area contributed by atoms with Gasteiger partial charge in [0.1, 0.15) is 12.4 Å². The molecule has 36 heavy (non-hydrogen) atoms. The minimum atomic E-state index is -0.674. The Morgan fingerprint density at radius 2 is 1.14 bits per heavy atom. The van der Waals surface area contributed by atoms with E-state index in [-0.39, 0.29) is 0 Å². The first kappa shape index (κ1) is 24.5. The summed E-state index contributed by atoms with van der Waals surface area (Å²) in [6.45, 7) is 4.97. The molecule has 0 saturated heterocycles. The third-order valence-corrected chi connectivity index (χ3v) is 10.5. The molecule has 0 fully saturated rings. The van der Waals surface area contributed by atoms with Crippen LogP contribution in [0.2, 0.25) is 0 Å². The van der Waals surface area contributed by atoms with Crippen molar-refractivity contribution in [2.24, 2.45) is 0 Å². The van der Waals surface area contributed by atoms with Crippen molar-refractivity contribution in [3.8, 4) is 5.75 Å². The van der Waals surface area contributed by atoms with Crippen LogP contribution in [0, 0.1) is 13.8 Å². The first-order chi connectivity index (χ1) is 17.7. The zero-order chi connectivity index (χ0) is 24.7. The molecule has 0 aromatic heterocycles. The Balaban J connectivity index is 1.56. The molecule has 0 spiro atoms. The monoisotopic (exact) mass is 504 g/mol. The molecule has 0 radical (unpaired) electrons. The van der Waals surface area contributed by atoms with Gasteiger partial charge >= 0.3 is 0 Å². The highest BCUT2D eigenvalue weighted by molar-refractivity contribution is 7.81. The predicted molar refractivity (Wildman–Crippen MR) is 159 cm³/mol. The van der Waals surface area contributed by atoms with E-state index in [2.05, 4.69) is 135 Å². The van der Waals surface area contributed by atoms with Crippen LogP contribution in [0.1, 0.15) is 16.7 Å². The molecule has 0 amide bonds. The van der Waals surface area contributed by atoms with Gasteiger partial charge in [-0.25, -0.2) is 0 Å². The molecule has 5 aromatic carbocycles. The van der Waals surface area contributed by atoms with Gasteiger partial charge in [0.15, 0.2) is 0 Å².